The van der Waals surface area contributed by atoms with Gasteiger partial charge < -0.3 is 5.32 Å². The van der Waals surface area contributed by atoms with Gasteiger partial charge in [-0.15, -0.1) is 28.2 Å². The molecule has 1 amide bonds. The Kier molecular flexibility index (Phi) is 5.68. The molecule has 0 unspecified atom stereocenters. The molecule has 2 heterocycles. The van der Waals surface area contributed by atoms with Crippen molar-refractivity contribution in [3.05, 3.63) is 76.0 Å². The second-order valence-electron chi connectivity index (χ2n) is 6.38. The summed E-state index contributed by atoms with van der Waals surface area (Å²) in [6.45, 7) is 3.97. The van der Waals surface area contributed by atoms with E-state index >= 15 is 0 Å². The van der Waals surface area contributed by atoms with Crippen LogP contribution in [0.3, 0.4) is 0 Å². The maximum atomic E-state index is 12.6. The van der Waals surface area contributed by atoms with Gasteiger partial charge in [0.15, 0.2) is 0 Å². The van der Waals surface area contributed by atoms with Gasteiger partial charge in [0, 0.05) is 27.3 Å². The zero-order valence-electron chi connectivity index (χ0n) is 15.9. The summed E-state index contributed by atoms with van der Waals surface area (Å²) in [7, 11) is 0. The third-order valence-corrected chi connectivity index (χ3v) is 6.10. The van der Waals surface area contributed by atoms with Crippen LogP contribution in [0.4, 0.5) is 5.69 Å². The zero-order chi connectivity index (χ0) is 20.2. The van der Waals surface area contributed by atoms with E-state index in [-0.39, 0.29) is 5.91 Å². The van der Waals surface area contributed by atoms with Gasteiger partial charge in [-0.3, -0.25) is 4.79 Å². The Balaban J connectivity index is 1.41. The number of amides is 1. The van der Waals surface area contributed by atoms with Crippen molar-refractivity contribution in [3.63, 3.8) is 0 Å². The monoisotopic (exact) mass is 422 g/mol. The van der Waals surface area contributed by atoms with E-state index in [1.807, 2.05) is 56.3 Å². The lowest BCUT2D eigenvalue weighted by atomic mass is 10.1. The Hall–Kier alpha value is -3.04. The molecular weight excluding hydrogens is 404 g/mol. The van der Waals surface area contributed by atoms with Crippen LogP contribution in [-0.4, -0.2) is 31.1 Å². The Labute approximate surface area is 176 Å². The molecule has 1 N–H and O–H groups in total. The number of tetrazole rings is 1. The van der Waals surface area contributed by atoms with Gasteiger partial charge in [-0.05, 0) is 66.2 Å². The van der Waals surface area contributed by atoms with Gasteiger partial charge in [0.25, 0.3) is 5.91 Å². The molecule has 0 bridgehead atoms. The minimum absolute atomic E-state index is 0.164. The fraction of sp³-hybridized carbons (Fsp3) is 0.150. The zero-order valence-corrected chi connectivity index (χ0v) is 17.5. The molecule has 4 aromatic rings. The summed E-state index contributed by atoms with van der Waals surface area (Å²) < 4.78 is 1.57. The molecule has 0 radical (unpaired) electrons. The number of anilines is 1. The summed E-state index contributed by atoms with van der Waals surface area (Å²) in [5, 5.41) is 17.3. The first-order chi connectivity index (χ1) is 14.1. The first-order valence-corrected chi connectivity index (χ1v) is 10.7. The number of hydrogen-bond acceptors (Lipinski definition) is 7. The van der Waals surface area contributed by atoms with E-state index in [2.05, 4.69) is 31.2 Å². The van der Waals surface area contributed by atoms with Crippen molar-refractivity contribution in [1.29, 1.82) is 0 Å². The Morgan fingerprint density at radius 2 is 2.00 bits per heavy atom. The van der Waals surface area contributed by atoms with Gasteiger partial charge in [-0.1, -0.05) is 6.07 Å². The molecule has 0 aliphatic heterocycles. The van der Waals surface area contributed by atoms with Crippen LogP contribution in [0, 0.1) is 13.8 Å². The van der Waals surface area contributed by atoms with E-state index in [1.165, 1.54) is 6.33 Å². The summed E-state index contributed by atoms with van der Waals surface area (Å²) >= 11 is 3.36. The number of nitrogens with zero attached hydrogens (tertiary/aromatic N) is 5. The number of thiazole rings is 1. The van der Waals surface area contributed by atoms with Crippen molar-refractivity contribution in [2.45, 2.75) is 24.5 Å². The van der Waals surface area contributed by atoms with Gasteiger partial charge in [0.1, 0.15) is 6.33 Å². The molecule has 7 nitrogen and oxygen atoms in total. The maximum Gasteiger partial charge on any atom is 0.255 e. The second kappa shape index (κ2) is 8.54. The second-order valence-corrected chi connectivity index (χ2v) is 8.49. The summed E-state index contributed by atoms with van der Waals surface area (Å²) in [5.41, 5.74) is 4.19. The molecule has 0 aliphatic rings. The normalized spacial score (nSPS) is 10.8. The highest BCUT2D eigenvalue weighted by Crippen LogP contribution is 2.24. The molecule has 0 spiro atoms. The minimum atomic E-state index is -0.164. The largest absolute Gasteiger partial charge is 0.322 e. The Bertz CT molecular complexity index is 1120. The highest BCUT2D eigenvalue weighted by Gasteiger charge is 2.09. The number of rotatable bonds is 6. The van der Waals surface area contributed by atoms with E-state index in [4.69, 9.17) is 0 Å². The van der Waals surface area contributed by atoms with Gasteiger partial charge in [-0.2, -0.15) is 0 Å². The van der Waals surface area contributed by atoms with E-state index in [0.29, 0.717) is 11.3 Å². The summed E-state index contributed by atoms with van der Waals surface area (Å²) in [4.78, 5) is 18.2. The van der Waals surface area contributed by atoms with Crippen molar-refractivity contribution in [1.82, 2.24) is 25.2 Å². The summed E-state index contributed by atoms with van der Waals surface area (Å²) in [6.07, 6.45) is 1.53. The van der Waals surface area contributed by atoms with E-state index in [1.54, 1.807) is 27.8 Å². The van der Waals surface area contributed by atoms with Crippen LogP contribution in [0.1, 0.15) is 26.6 Å². The average molecular weight is 423 g/mol. The van der Waals surface area contributed by atoms with E-state index < -0.39 is 0 Å². The van der Waals surface area contributed by atoms with Gasteiger partial charge >= 0.3 is 0 Å². The highest BCUT2D eigenvalue weighted by atomic mass is 32.2. The Morgan fingerprint density at radius 3 is 2.69 bits per heavy atom. The molecule has 0 fully saturated rings. The predicted octanol–water partition coefficient (Wildman–Crippen LogP) is 4.28. The van der Waals surface area contributed by atoms with Crippen molar-refractivity contribution in [3.8, 4) is 5.69 Å². The average Bonchev–Trinajstić information content (AvgIpc) is 3.40. The maximum absolute atomic E-state index is 12.6. The SMILES string of the molecule is Cc1nc(CSc2ccc(C(=O)Nc3ccc(C)c(-n4cnnn4)c3)cc2)cs1. The topological polar surface area (TPSA) is 85.6 Å². The molecule has 29 heavy (non-hydrogen) atoms. The molecule has 0 atom stereocenters. The number of aryl methyl sites for hydroxylation is 2. The van der Waals surface area contributed by atoms with Crippen LogP contribution in [0.25, 0.3) is 5.69 Å². The molecular formula is C20H18N6OS2. The number of hydrogen-bond donors (Lipinski definition) is 1. The molecule has 0 aliphatic carbocycles. The first-order valence-electron chi connectivity index (χ1n) is 8.88. The van der Waals surface area contributed by atoms with Crippen LogP contribution in [0.15, 0.2) is 59.1 Å². The number of nitrogens with one attached hydrogen (secondary N) is 1. The van der Waals surface area contributed by atoms with Crippen molar-refractivity contribution < 1.29 is 4.79 Å². The quantitative estimate of drug-likeness (QED) is 0.467. The number of aromatic nitrogens is 5. The molecule has 2 aromatic heterocycles. The molecule has 146 valence electrons. The summed E-state index contributed by atoms with van der Waals surface area (Å²) in [5.74, 6) is 0.655. The lowest BCUT2D eigenvalue weighted by Gasteiger charge is -2.10. The molecule has 0 saturated carbocycles. The van der Waals surface area contributed by atoms with E-state index in [0.717, 1.165) is 32.6 Å². The van der Waals surface area contributed by atoms with Crippen LogP contribution in [-0.2, 0) is 5.75 Å². The van der Waals surface area contributed by atoms with Crippen LogP contribution in [0.2, 0.25) is 0 Å². The summed E-state index contributed by atoms with van der Waals surface area (Å²) in [6, 6.07) is 13.2. The lowest BCUT2D eigenvalue weighted by Crippen LogP contribution is -2.12. The van der Waals surface area contributed by atoms with Gasteiger partial charge in [-0.25, -0.2) is 9.67 Å². The minimum Gasteiger partial charge on any atom is -0.322 e. The molecule has 0 saturated heterocycles. The van der Waals surface area contributed by atoms with Crippen molar-refractivity contribution >= 4 is 34.7 Å². The standard InChI is InChI=1S/C20H18N6OS2/c1-13-3-6-16(9-19(13)26-12-21-24-25-26)23-20(27)15-4-7-18(8-5-15)29-11-17-10-28-14(2)22-17/h3-10,12H,11H2,1-2H3,(H,23,27). The van der Waals surface area contributed by atoms with Crippen molar-refractivity contribution in [2.75, 3.05) is 5.32 Å². The smallest absolute Gasteiger partial charge is 0.255 e. The molecule has 9 heteroatoms. The van der Waals surface area contributed by atoms with Crippen LogP contribution in [0.5, 0.6) is 0 Å². The fourth-order valence-corrected chi connectivity index (χ4v) is 4.25. The first kappa shape index (κ1) is 19.3. The fourth-order valence-electron chi connectivity index (χ4n) is 2.74. The number of benzene rings is 2. The van der Waals surface area contributed by atoms with Crippen LogP contribution >= 0.6 is 23.1 Å². The number of thioether (sulfide) groups is 1. The highest BCUT2D eigenvalue weighted by molar-refractivity contribution is 7.98. The third kappa shape index (κ3) is 4.69. The number of carbonyl (C=O) groups excluding carboxylic acids is 1. The molecule has 4 rings (SSSR count). The van der Waals surface area contributed by atoms with Crippen molar-refractivity contribution in [2.24, 2.45) is 0 Å². The Morgan fingerprint density at radius 1 is 1.17 bits per heavy atom. The lowest BCUT2D eigenvalue weighted by molar-refractivity contribution is 0.102. The van der Waals surface area contributed by atoms with Gasteiger partial charge in [0.2, 0.25) is 0 Å². The predicted molar refractivity (Wildman–Crippen MR) is 115 cm³/mol. The molecule has 2 aromatic carbocycles. The number of carbonyl (C=O) groups is 1. The van der Waals surface area contributed by atoms with Gasteiger partial charge in [0.05, 0.1) is 16.4 Å². The van der Waals surface area contributed by atoms with Crippen LogP contribution < -0.4 is 5.32 Å². The van der Waals surface area contributed by atoms with E-state index in [9.17, 15) is 4.79 Å². The third-order valence-electron chi connectivity index (χ3n) is 4.23.